The van der Waals surface area contributed by atoms with E-state index < -0.39 is 27.0 Å². The molecule has 2 aromatic heterocycles. The third-order valence-corrected chi connectivity index (χ3v) is 10.2. The summed E-state index contributed by atoms with van der Waals surface area (Å²) < 4.78 is 62.5. The first-order valence-corrected chi connectivity index (χ1v) is 14.4. The number of alkyl halides is 2. The van der Waals surface area contributed by atoms with Crippen molar-refractivity contribution in [3.8, 4) is 11.2 Å². The fourth-order valence-electron chi connectivity index (χ4n) is 5.26. The Labute approximate surface area is 216 Å². The first-order chi connectivity index (χ1) is 17.7. The smallest absolute Gasteiger partial charge is 0.291 e. The fourth-order valence-corrected chi connectivity index (χ4v) is 7.34. The SMILES string of the molecule is N#CC1(NS(=O)(=O)c2cc(N3CCC4(CCOCC4)CC3)c3cnn(-c4nnc(C(F)F)s4)c3c2)CC1. The van der Waals surface area contributed by atoms with Gasteiger partial charge in [0, 0.05) is 37.4 Å². The van der Waals surface area contributed by atoms with Crippen molar-refractivity contribution in [2.24, 2.45) is 5.41 Å². The normalized spacial score (nSPS) is 21.0. The molecule has 1 N–H and O–H groups in total. The summed E-state index contributed by atoms with van der Waals surface area (Å²) in [6, 6.07) is 5.13. The van der Waals surface area contributed by atoms with Gasteiger partial charge < -0.3 is 9.64 Å². The van der Waals surface area contributed by atoms with Crippen LogP contribution in [0, 0.1) is 16.7 Å². The summed E-state index contributed by atoms with van der Waals surface area (Å²) in [6.45, 7) is 3.01. The minimum Gasteiger partial charge on any atom is -0.381 e. The number of halogens is 2. The van der Waals surface area contributed by atoms with E-state index in [0.717, 1.165) is 52.0 Å². The number of aromatic nitrogens is 4. The number of hydrogen-bond acceptors (Lipinski definition) is 9. The van der Waals surface area contributed by atoms with Gasteiger partial charge in [-0.3, -0.25) is 0 Å². The molecule has 14 heteroatoms. The molecule has 1 saturated carbocycles. The molecule has 10 nitrogen and oxygen atoms in total. The highest BCUT2D eigenvalue weighted by molar-refractivity contribution is 7.89. The second-order valence-corrected chi connectivity index (χ2v) is 12.7. The standard InChI is InChI=1S/C23H25F2N7O3S2/c24-19(25)20-28-29-21(36-20)32-18-12-15(37(33,34)30-23(14-26)1-2-23)11-17(16(18)13-27-32)31-7-3-22(4-8-31)5-9-35-10-6-22/h11-13,19,30H,1-10H2. The molecule has 3 aliphatic rings. The topological polar surface area (TPSA) is 126 Å². The number of fused-ring (bicyclic) bond motifs is 1. The third-order valence-electron chi connectivity index (χ3n) is 7.76. The summed E-state index contributed by atoms with van der Waals surface area (Å²) in [6.07, 6.45) is 3.71. The van der Waals surface area contributed by atoms with Crippen LogP contribution < -0.4 is 9.62 Å². The highest BCUT2D eigenvalue weighted by Crippen LogP contribution is 2.43. The predicted molar refractivity (Wildman–Crippen MR) is 131 cm³/mol. The van der Waals surface area contributed by atoms with Gasteiger partial charge in [0.15, 0.2) is 5.01 Å². The first-order valence-electron chi connectivity index (χ1n) is 12.1. The summed E-state index contributed by atoms with van der Waals surface area (Å²) in [5.74, 6) is 0. The zero-order valence-corrected chi connectivity index (χ0v) is 21.5. The van der Waals surface area contributed by atoms with E-state index in [-0.39, 0.29) is 15.4 Å². The van der Waals surface area contributed by atoms with Gasteiger partial charge in [0.25, 0.3) is 6.43 Å². The molecule has 0 amide bonds. The minimum absolute atomic E-state index is 0.0109. The monoisotopic (exact) mass is 549 g/mol. The number of benzene rings is 1. The Morgan fingerprint density at radius 2 is 1.84 bits per heavy atom. The van der Waals surface area contributed by atoms with Crippen LogP contribution in [-0.2, 0) is 14.8 Å². The van der Waals surface area contributed by atoms with E-state index >= 15 is 0 Å². The van der Waals surface area contributed by atoms with Gasteiger partial charge in [-0.25, -0.2) is 21.9 Å². The van der Waals surface area contributed by atoms with Crippen molar-refractivity contribution in [3.63, 3.8) is 0 Å². The maximum Gasteiger partial charge on any atom is 0.291 e. The molecule has 0 bridgehead atoms. The Morgan fingerprint density at radius 3 is 2.46 bits per heavy atom. The largest absolute Gasteiger partial charge is 0.381 e. The van der Waals surface area contributed by atoms with E-state index in [4.69, 9.17) is 4.74 Å². The summed E-state index contributed by atoms with van der Waals surface area (Å²) in [7, 11) is -4.04. The van der Waals surface area contributed by atoms with Crippen molar-refractivity contribution in [1.82, 2.24) is 24.7 Å². The molecule has 37 heavy (non-hydrogen) atoms. The highest BCUT2D eigenvalue weighted by atomic mass is 32.2. The molecule has 6 rings (SSSR count). The zero-order chi connectivity index (χ0) is 25.8. The molecule has 2 aliphatic heterocycles. The maximum atomic E-state index is 13.4. The van der Waals surface area contributed by atoms with Crippen molar-refractivity contribution in [2.75, 3.05) is 31.2 Å². The molecular formula is C23H25F2N7O3S2. The van der Waals surface area contributed by atoms with Gasteiger partial charge >= 0.3 is 0 Å². The number of anilines is 1. The molecule has 4 heterocycles. The number of piperidine rings is 1. The van der Waals surface area contributed by atoms with Crippen LogP contribution in [0.25, 0.3) is 16.0 Å². The van der Waals surface area contributed by atoms with Gasteiger partial charge in [0.05, 0.1) is 22.7 Å². The van der Waals surface area contributed by atoms with Crippen molar-refractivity contribution in [2.45, 2.75) is 55.4 Å². The number of hydrogen-bond donors (Lipinski definition) is 1. The quantitative estimate of drug-likeness (QED) is 0.495. The molecule has 2 saturated heterocycles. The average Bonchev–Trinajstić information content (AvgIpc) is 3.27. The average molecular weight is 550 g/mol. The molecule has 0 unspecified atom stereocenters. The van der Waals surface area contributed by atoms with Crippen molar-refractivity contribution in [1.29, 1.82) is 5.26 Å². The summed E-state index contributed by atoms with van der Waals surface area (Å²) in [4.78, 5) is 2.15. The number of nitriles is 1. The molecule has 1 aliphatic carbocycles. The molecular weight excluding hydrogens is 524 g/mol. The van der Waals surface area contributed by atoms with Gasteiger partial charge in [0.2, 0.25) is 15.2 Å². The van der Waals surface area contributed by atoms with Gasteiger partial charge in [-0.1, -0.05) is 11.3 Å². The van der Waals surface area contributed by atoms with Gasteiger partial charge in [-0.2, -0.15) is 15.1 Å². The third kappa shape index (κ3) is 4.47. The Kier molecular flexibility index (Phi) is 5.94. The lowest BCUT2D eigenvalue weighted by atomic mass is 9.72. The Hall–Kier alpha value is -2.73. The van der Waals surface area contributed by atoms with E-state index in [1.807, 2.05) is 0 Å². The molecule has 196 valence electrons. The molecule has 3 fully saturated rings. The van der Waals surface area contributed by atoms with Crippen LogP contribution in [0.5, 0.6) is 0 Å². The van der Waals surface area contributed by atoms with Crippen molar-refractivity contribution >= 4 is 38.0 Å². The molecule has 0 radical (unpaired) electrons. The van der Waals surface area contributed by atoms with Crippen molar-refractivity contribution < 1.29 is 21.9 Å². The second-order valence-electron chi connectivity index (χ2n) is 10.1. The van der Waals surface area contributed by atoms with Crippen LogP contribution in [0.1, 0.15) is 50.0 Å². The van der Waals surface area contributed by atoms with E-state index in [1.165, 1.54) is 10.7 Å². The maximum absolute atomic E-state index is 13.4. The molecule has 1 aromatic carbocycles. The van der Waals surface area contributed by atoms with Gasteiger partial charge in [-0.15, -0.1) is 10.2 Å². The van der Waals surface area contributed by atoms with E-state index in [2.05, 4.69) is 31.0 Å². The Morgan fingerprint density at radius 1 is 1.11 bits per heavy atom. The van der Waals surface area contributed by atoms with Crippen LogP contribution in [0.15, 0.2) is 23.2 Å². The number of sulfonamides is 1. The second kappa shape index (κ2) is 8.93. The summed E-state index contributed by atoms with van der Waals surface area (Å²) >= 11 is 0.701. The Bertz CT molecular complexity index is 1480. The van der Waals surface area contributed by atoms with Crippen LogP contribution in [-0.4, -0.2) is 60.2 Å². The first kappa shape index (κ1) is 24.6. The summed E-state index contributed by atoms with van der Waals surface area (Å²) in [5, 5.41) is 21.6. The molecule has 3 aromatic rings. The van der Waals surface area contributed by atoms with Crippen LogP contribution in [0.2, 0.25) is 0 Å². The Balaban J connectivity index is 1.42. The van der Waals surface area contributed by atoms with Crippen LogP contribution >= 0.6 is 11.3 Å². The summed E-state index contributed by atoms with van der Waals surface area (Å²) in [5.41, 5.74) is 0.279. The zero-order valence-electron chi connectivity index (χ0n) is 19.9. The lowest BCUT2D eigenvalue weighted by Gasteiger charge is -2.45. The fraction of sp³-hybridized carbons (Fsp3) is 0.565. The van der Waals surface area contributed by atoms with E-state index in [0.29, 0.717) is 40.8 Å². The highest BCUT2D eigenvalue weighted by Gasteiger charge is 2.47. The number of nitrogens with one attached hydrogen (secondary N) is 1. The van der Waals surface area contributed by atoms with Gasteiger partial charge in [0.1, 0.15) is 5.54 Å². The molecule has 1 spiro atoms. The number of nitrogens with zero attached hydrogens (tertiary/aromatic N) is 6. The number of rotatable bonds is 6. The molecule has 0 atom stereocenters. The predicted octanol–water partition coefficient (Wildman–Crippen LogP) is 3.55. The lowest BCUT2D eigenvalue weighted by molar-refractivity contribution is 0.00214. The van der Waals surface area contributed by atoms with Crippen LogP contribution in [0.4, 0.5) is 14.5 Å². The minimum atomic E-state index is -4.04. The van der Waals surface area contributed by atoms with Gasteiger partial charge in [-0.05, 0) is 56.1 Å². The van der Waals surface area contributed by atoms with E-state index in [9.17, 15) is 22.5 Å². The lowest BCUT2D eigenvalue weighted by Crippen LogP contribution is -2.43. The number of ether oxygens (including phenoxy) is 1. The van der Waals surface area contributed by atoms with E-state index in [1.54, 1.807) is 12.3 Å². The van der Waals surface area contributed by atoms with Crippen molar-refractivity contribution in [3.05, 3.63) is 23.3 Å². The van der Waals surface area contributed by atoms with Crippen LogP contribution in [0.3, 0.4) is 0 Å².